The predicted molar refractivity (Wildman–Crippen MR) is 84.5 cm³/mol. The molecule has 0 atom stereocenters. The fraction of sp³-hybridized carbons (Fsp3) is 0. The molecule has 2 heterocycles. The summed E-state index contributed by atoms with van der Waals surface area (Å²) in [5, 5.41) is 2.65. The highest BCUT2D eigenvalue weighted by molar-refractivity contribution is 6.35. The molecule has 1 amide bonds. The highest BCUT2D eigenvalue weighted by atomic mass is 19.1. The van der Waals surface area contributed by atoms with Crippen molar-refractivity contribution in [3.63, 3.8) is 0 Å². The number of amides is 1. The maximum atomic E-state index is 13.5. The van der Waals surface area contributed by atoms with Gasteiger partial charge in [0.25, 0.3) is 5.91 Å². The van der Waals surface area contributed by atoms with Gasteiger partial charge in [-0.2, -0.15) is 0 Å². The normalized spacial score (nSPS) is 15.0. The van der Waals surface area contributed by atoms with E-state index in [9.17, 15) is 14.0 Å². The van der Waals surface area contributed by atoms with Gasteiger partial charge < -0.3 is 9.73 Å². The largest absolute Gasteiger partial charge is 0.422 e. The minimum Gasteiger partial charge on any atom is -0.422 e. The van der Waals surface area contributed by atoms with Crippen LogP contribution in [0.1, 0.15) is 11.1 Å². The van der Waals surface area contributed by atoms with Crippen LogP contribution in [0.25, 0.3) is 23.0 Å². The van der Waals surface area contributed by atoms with E-state index in [4.69, 9.17) is 4.42 Å². The van der Waals surface area contributed by atoms with Gasteiger partial charge in [-0.05, 0) is 30.3 Å². The number of halogens is 1. The van der Waals surface area contributed by atoms with Crippen LogP contribution in [0.5, 0.6) is 0 Å². The molecule has 0 bridgehead atoms. The Kier molecular flexibility index (Phi) is 2.87. The summed E-state index contributed by atoms with van der Waals surface area (Å²) in [7, 11) is 0. The number of carbonyl (C=O) groups is 1. The molecule has 0 spiro atoms. The maximum Gasteiger partial charge on any atom is 0.344 e. The number of benzene rings is 1. The van der Waals surface area contributed by atoms with Crippen molar-refractivity contribution in [3.05, 3.63) is 75.9 Å². The third-order valence-electron chi connectivity index (χ3n) is 3.76. The van der Waals surface area contributed by atoms with E-state index in [0.29, 0.717) is 22.6 Å². The summed E-state index contributed by atoms with van der Waals surface area (Å²) >= 11 is 0. The lowest BCUT2D eigenvalue weighted by atomic mass is 10.0. The van der Waals surface area contributed by atoms with Crippen molar-refractivity contribution in [3.8, 4) is 11.3 Å². The van der Waals surface area contributed by atoms with Crippen LogP contribution in [0.3, 0.4) is 0 Å². The Balaban J connectivity index is 1.94. The Hall–Kier alpha value is -3.21. The molecule has 0 aromatic heterocycles. The Labute approximate surface area is 130 Å². The van der Waals surface area contributed by atoms with Crippen LogP contribution in [-0.4, -0.2) is 5.91 Å². The van der Waals surface area contributed by atoms with Crippen LogP contribution < -0.4 is 10.9 Å². The SMILES string of the molecule is O=C1Nc2ccc(F)cc2/C1=C/c1c2cccccc-2oc1=O. The molecule has 1 aromatic rings. The molecule has 4 rings (SSSR count). The summed E-state index contributed by atoms with van der Waals surface area (Å²) < 4.78 is 18.7. The first-order valence-corrected chi connectivity index (χ1v) is 6.98. The summed E-state index contributed by atoms with van der Waals surface area (Å²) in [6.07, 6.45) is 1.45. The second-order valence-electron chi connectivity index (χ2n) is 5.19. The number of rotatable bonds is 1. The molecule has 0 saturated carbocycles. The molecule has 0 fully saturated rings. The summed E-state index contributed by atoms with van der Waals surface area (Å²) in [5.74, 6) is -0.388. The monoisotopic (exact) mass is 307 g/mol. The van der Waals surface area contributed by atoms with Crippen molar-refractivity contribution < 1.29 is 13.6 Å². The molecule has 4 nitrogen and oxygen atoms in total. The number of anilines is 1. The number of furan rings is 1. The van der Waals surface area contributed by atoms with Gasteiger partial charge in [0.2, 0.25) is 0 Å². The number of nitrogens with one attached hydrogen (secondary N) is 1. The van der Waals surface area contributed by atoms with Crippen molar-refractivity contribution in [1.29, 1.82) is 0 Å². The summed E-state index contributed by atoms with van der Waals surface area (Å²) in [6.45, 7) is 0. The highest BCUT2D eigenvalue weighted by Crippen LogP contribution is 2.35. The van der Waals surface area contributed by atoms with Gasteiger partial charge in [-0.3, -0.25) is 4.79 Å². The molecule has 2 aliphatic heterocycles. The van der Waals surface area contributed by atoms with Crippen LogP contribution in [0.4, 0.5) is 10.1 Å². The minimum atomic E-state index is -0.531. The van der Waals surface area contributed by atoms with Gasteiger partial charge in [-0.25, -0.2) is 9.18 Å². The molecule has 1 N–H and O–H groups in total. The van der Waals surface area contributed by atoms with E-state index in [0.717, 1.165) is 0 Å². The molecule has 0 radical (unpaired) electrons. The van der Waals surface area contributed by atoms with Crippen LogP contribution in [0, 0.1) is 5.82 Å². The molecular formula is C18H10FNO3. The lowest BCUT2D eigenvalue weighted by molar-refractivity contribution is -0.110. The van der Waals surface area contributed by atoms with Gasteiger partial charge in [0.15, 0.2) is 0 Å². The topological polar surface area (TPSA) is 59.3 Å². The summed E-state index contributed by atoms with van der Waals surface area (Å²) in [4.78, 5) is 24.2. The van der Waals surface area contributed by atoms with Gasteiger partial charge >= 0.3 is 5.63 Å². The number of hydrogen-bond donors (Lipinski definition) is 1. The molecule has 0 unspecified atom stereocenters. The Morgan fingerprint density at radius 3 is 2.70 bits per heavy atom. The van der Waals surface area contributed by atoms with Crippen LogP contribution in [0.2, 0.25) is 0 Å². The maximum absolute atomic E-state index is 13.5. The lowest BCUT2D eigenvalue weighted by Crippen LogP contribution is -2.05. The summed E-state index contributed by atoms with van der Waals surface area (Å²) in [6, 6.07) is 12.8. The van der Waals surface area contributed by atoms with Gasteiger partial charge in [-0.15, -0.1) is 0 Å². The van der Waals surface area contributed by atoms with E-state index in [1.165, 1.54) is 24.3 Å². The molecule has 1 aliphatic carbocycles. The number of carbonyl (C=O) groups excluding carboxylic acids is 1. The van der Waals surface area contributed by atoms with E-state index in [2.05, 4.69) is 5.32 Å². The zero-order valence-corrected chi connectivity index (χ0v) is 11.8. The van der Waals surface area contributed by atoms with E-state index in [-0.39, 0.29) is 17.0 Å². The second-order valence-corrected chi connectivity index (χ2v) is 5.19. The van der Waals surface area contributed by atoms with Gasteiger partial charge in [-0.1, -0.05) is 24.3 Å². The van der Waals surface area contributed by atoms with E-state index in [1.807, 2.05) is 6.07 Å². The van der Waals surface area contributed by atoms with Gasteiger partial charge in [0, 0.05) is 22.4 Å². The van der Waals surface area contributed by atoms with Crippen LogP contribution >= 0.6 is 0 Å². The lowest BCUT2D eigenvalue weighted by Gasteiger charge is -1.98. The van der Waals surface area contributed by atoms with E-state index >= 15 is 0 Å². The van der Waals surface area contributed by atoms with Crippen molar-refractivity contribution in [2.75, 3.05) is 5.32 Å². The average molecular weight is 307 g/mol. The van der Waals surface area contributed by atoms with Crippen LogP contribution in [0.15, 0.2) is 57.7 Å². The second kappa shape index (κ2) is 4.91. The first-order chi connectivity index (χ1) is 11.1. The summed E-state index contributed by atoms with van der Waals surface area (Å²) in [5.41, 5.74) is 1.54. The highest BCUT2D eigenvalue weighted by Gasteiger charge is 2.26. The van der Waals surface area contributed by atoms with Crippen LogP contribution in [-0.2, 0) is 4.79 Å². The zero-order chi connectivity index (χ0) is 16.0. The first kappa shape index (κ1) is 13.5. The standard InChI is InChI=1S/C18H10FNO3/c19-10-6-7-15-12(8-10)13(17(21)20-15)9-14-11-4-2-1-3-5-16(11)23-18(14)22/h1-9H,(H,20,21)/b13-9-. The Morgan fingerprint density at radius 1 is 1.00 bits per heavy atom. The third-order valence-corrected chi connectivity index (χ3v) is 3.76. The quantitative estimate of drug-likeness (QED) is 0.701. The minimum absolute atomic E-state index is 0.241. The smallest absolute Gasteiger partial charge is 0.344 e. The third kappa shape index (κ3) is 2.14. The Morgan fingerprint density at radius 2 is 1.83 bits per heavy atom. The predicted octanol–water partition coefficient (Wildman–Crippen LogP) is 3.38. The fourth-order valence-electron chi connectivity index (χ4n) is 2.69. The van der Waals surface area contributed by atoms with E-state index < -0.39 is 11.4 Å². The molecule has 3 aliphatic rings. The molecule has 112 valence electrons. The van der Waals surface area contributed by atoms with Crippen molar-refractivity contribution in [2.24, 2.45) is 0 Å². The first-order valence-electron chi connectivity index (χ1n) is 6.98. The van der Waals surface area contributed by atoms with Crippen molar-refractivity contribution >= 4 is 23.2 Å². The number of hydrogen-bond acceptors (Lipinski definition) is 3. The average Bonchev–Trinajstić information content (AvgIpc) is 2.86. The molecule has 0 saturated heterocycles. The molecule has 1 aromatic carbocycles. The zero-order valence-electron chi connectivity index (χ0n) is 11.8. The molecular weight excluding hydrogens is 297 g/mol. The van der Waals surface area contributed by atoms with Crippen molar-refractivity contribution in [1.82, 2.24) is 0 Å². The molecule has 23 heavy (non-hydrogen) atoms. The van der Waals surface area contributed by atoms with E-state index in [1.54, 1.807) is 24.3 Å². The molecule has 5 heteroatoms. The number of fused-ring (bicyclic) bond motifs is 2. The van der Waals surface area contributed by atoms with Gasteiger partial charge in [0.05, 0.1) is 5.56 Å². The van der Waals surface area contributed by atoms with Crippen molar-refractivity contribution in [2.45, 2.75) is 0 Å². The fourth-order valence-corrected chi connectivity index (χ4v) is 2.69. The van der Waals surface area contributed by atoms with Gasteiger partial charge in [0.1, 0.15) is 11.6 Å². The Bertz CT molecular complexity index is 1000.